The number of benzene rings is 2. The van der Waals surface area contributed by atoms with E-state index in [4.69, 9.17) is 16.3 Å². The van der Waals surface area contributed by atoms with Crippen LogP contribution in [0.25, 0.3) is 0 Å². The Morgan fingerprint density at radius 2 is 1.87 bits per heavy atom. The molecular formula is C19H14ClF3N4O3. The van der Waals surface area contributed by atoms with E-state index in [1.54, 1.807) is 16.8 Å². The number of fused-ring (bicyclic) bond motifs is 1. The highest BCUT2D eigenvalue weighted by molar-refractivity contribution is 6.30. The predicted octanol–water partition coefficient (Wildman–Crippen LogP) is 4.35. The normalized spacial score (nSPS) is 16.1. The summed E-state index contributed by atoms with van der Waals surface area (Å²) in [6.45, 7) is 0.502. The lowest BCUT2D eigenvalue weighted by atomic mass is 10.1. The summed E-state index contributed by atoms with van der Waals surface area (Å²) in [6.07, 6.45) is -5.04. The molecule has 1 aliphatic rings. The molecule has 1 N–H and O–H groups in total. The Morgan fingerprint density at radius 1 is 1.17 bits per heavy atom. The molecule has 4 rings (SSSR count). The monoisotopic (exact) mass is 438 g/mol. The fourth-order valence-corrected chi connectivity index (χ4v) is 3.12. The minimum atomic E-state index is -4.78. The second kappa shape index (κ2) is 7.96. The third kappa shape index (κ3) is 4.55. The lowest BCUT2D eigenvalue weighted by molar-refractivity contribution is -0.274. The minimum absolute atomic E-state index is 0.0835. The molecule has 30 heavy (non-hydrogen) atoms. The van der Waals surface area contributed by atoms with E-state index in [1.807, 2.05) is 12.1 Å². The van der Waals surface area contributed by atoms with E-state index in [0.29, 0.717) is 17.3 Å². The third-order valence-electron chi connectivity index (χ3n) is 4.40. The molecular weight excluding hydrogens is 425 g/mol. The maximum absolute atomic E-state index is 12.5. The molecule has 0 fully saturated rings. The van der Waals surface area contributed by atoms with Crippen LogP contribution in [0.1, 0.15) is 27.8 Å². The third-order valence-corrected chi connectivity index (χ3v) is 4.65. The van der Waals surface area contributed by atoms with E-state index < -0.39 is 12.3 Å². The lowest BCUT2D eigenvalue weighted by Crippen LogP contribution is -2.24. The molecule has 0 aliphatic carbocycles. The standard InChI is InChI=1S/C19H14ClF3N4O3/c20-12-3-1-11(2-4-12)16-9-27-15(10-29-16)17(25-26-27)18(28)24-13-5-7-14(8-6-13)30-19(21,22)23/h1-8,16H,9-10H2,(H,24,28)/t16-/m1/s1. The molecule has 0 bridgehead atoms. The van der Waals surface area contributed by atoms with Gasteiger partial charge in [-0.1, -0.05) is 28.9 Å². The Morgan fingerprint density at radius 3 is 2.53 bits per heavy atom. The molecule has 2 heterocycles. The first kappa shape index (κ1) is 20.2. The first-order chi connectivity index (χ1) is 14.3. The van der Waals surface area contributed by atoms with Gasteiger partial charge in [0, 0.05) is 10.7 Å². The Bertz CT molecular complexity index is 1050. The predicted molar refractivity (Wildman–Crippen MR) is 100 cm³/mol. The van der Waals surface area contributed by atoms with Crippen LogP contribution in [-0.2, 0) is 17.9 Å². The molecule has 7 nitrogen and oxygen atoms in total. The molecule has 1 atom stereocenters. The number of halogens is 4. The minimum Gasteiger partial charge on any atom is -0.406 e. The summed E-state index contributed by atoms with van der Waals surface area (Å²) in [7, 11) is 0. The van der Waals surface area contributed by atoms with Crippen LogP contribution >= 0.6 is 11.6 Å². The molecule has 11 heteroatoms. The zero-order valence-corrected chi connectivity index (χ0v) is 15.9. The summed E-state index contributed by atoms with van der Waals surface area (Å²) < 4.78 is 47.9. The molecule has 1 aromatic heterocycles. The average Bonchev–Trinajstić information content (AvgIpc) is 3.12. The van der Waals surface area contributed by atoms with Crippen LogP contribution in [0, 0.1) is 0 Å². The Kier molecular flexibility index (Phi) is 5.35. The fraction of sp³-hybridized carbons (Fsp3) is 0.211. The molecule has 156 valence electrons. The van der Waals surface area contributed by atoms with Crippen molar-refractivity contribution >= 4 is 23.2 Å². The number of hydrogen-bond acceptors (Lipinski definition) is 5. The number of nitrogens with one attached hydrogen (secondary N) is 1. The van der Waals surface area contributed by atoms with Crippen molar-refractivity contribution in [3.8, 4) is 5.75 Å². The van der Waals surface area contributed by atoms with Crippen LogP contribution in [0.4, 0.5) is 18.9 Å². The molecule has 1 aliphatic heterocycles. The van der Waals surface area contributed by atoms with Crippen molar-refractivity contribution in [3.05, 3.63) is 70.5 Å². The highest BCUT2D eigenvalue weighted by Gasteiger charge is 2.31. The largest absolute Gasteiger partial charge is 0.573 e. The van der Waals surface area contributed by atoms with Gasteiger partial charge in [0.2, 0.25) is 0 Å². The zero-order chi connectivity index (χ0) is 21.3. The van der Waals surface area contributed by atoms with Crippen LogP contribution in [0.15, 0.2) is 48.5 Å². The lowest BCUT2D eigenvalue weighted by Gasteiger charge is -2.24. The first-order valence-electron chi connectivity index (χ1n) is 8.75. The molecule has 0 spiro atoms. The van der Waals surface area contributed by atoms with Crippen molar-refractivity contribution in [2.75, 3.05) is 5.32 Å². The van der Waals surface area contributed by atoms with Crippen molar-refractivity contribution in [2.45, 2.75) is 25.6 Å². The molecule has 0 saturated heterocycles. The topological polar surface area (TPSA) is 78.3 Å². The summed E-state index contributed by atoms with van der Waals surface area (Å²) in [4.78, 5) is 12.5. The number of hydrogen-bond donors (Lipinski definition) is 1. The van der Waals surface area contributed by atoms with Gasteiger partial charge >= 0.3 is 6.36 Å². The Balaban J connectivity index is 1.44. The second-order valence-corrected chi connectivity index (χ2v) is 6.88. The quantitative estimate of drug-likeness (QED) is 0.655. The molecule has 3 aromatic rings. The van der Waals surface area contributed by atoms with Gasteiger partial charge in [-0.15, -0.1) is 18.3 Å². The number of ether oxygens (including phenoxy) is 2. The summed E-state index contributed by atoms with van der Waals surface area (Å²) in [6, 6.07) is 12.0. The van der Waals surface area contributed by atoms with Crippen molar-refractivity contribution in [1.82, 2.24) is 15.0 Å². The first-order valence-corrected chi connectivity index (χ1v) is 9.13. The van der Waals surface area contributed by atoms with Gasteiger partial charge in [-0.05, 0) is 42.0 Å². The molecule has 1 amide bonds. The van der Waals surface area contributed by atoms with Crippen molar-refractivity contribution in [2.24, 2.45) is 0 Å². The molecule has 0 unspecified atom stereocenters. The highest BCUT2D eigenvalue weighted by atomic mass is 35.5. The smallest absolute Gasteiger partial charge is 0.406 e. The van der Waals surface area contributed by atoms with Crippen molar-refractivity contribution in [1.29, 1.82) is 0 Å². The second-order valence-electron chi connectivity index (χ2n) is 6.44. The maximum Gasteiger partial charge on any atom is 0.573 e. The highest BCUT2D eigenvalue weighted by Crippen LogP contribution is 2.28. The van der Waals surface area contributed by atoms with Crippen LogP contribution in [0.2, 0.25) is 5.02 Å². The summed E-state index contributed by atoms with van der Waals surface area (Å²) in [5.74, 6) is -0.933. The number of nitrogens with zero attached hydrogens (tertiary/aromatic N) is 3. The van der Waals surface area contributed by atoms with Gasteiger partial charge in [0.05, 0.1) is 18.8 Å². The van der Waals surface area contributed by atoms with E-state index in [1.165, 1.54) is 12.1 Å². The van der Waals surface area contributed by atoms with E-state index >= 15 is 0 Å². The van der Waals surface area contributed by atoms with Gasteiger partial charge in [0.15, 0.2) is 5.69 Å². The summed E-state index contributed by atoms with van der Waals surface area (Å²) in [5, 5.41) is 11.1. The number of carbonyl (C=O) groups is 1. The van der Waals surface area contributed by atoms with E-state index in [2.05, 4.69) is 20.4 Å². The number of rotatable bonds is 4. The van der Waals surface area contributed by atoms with Crippen LogP contribution < -0.4 is 10.1 Å². The Labute approximate surface area is 173 Å². The van der Waals surface area contributed by atoms with Gasteiger partial charge in [-0.2, -0.15) is 0 Å². The van der Waals surface area contributed by atoms with E-state index in [0.717, 1.165) is 17.7 Å². The van der Waals surface area contributed by atoms with Crippen molar-refractivity contribution in [3.63, 3.8) is 0 Å². The molecule has 0 saturated carbocycles. The zero-order valence-electron chi connectivity index (χ0n) is 15.2. The number of alkyl halides is 3. The maximum atomic E-state index is 12.5. The fourth-order valence-electron chi connectivity index (χ4n) is 3.00. The number of amides is 1. The molecule has 2 aromatic carbocycles. The molecule has 0 radical (unpaired) electrons. The van der Waals surface area contributed by atoms with Gasteiger partial charge in [0.1, 0.15) is 11.9 Å². The van der Waals surface area contributed by atoms with Gasteiger partial charge in [-0.25, -0.2) is 4.68 Å². The van der Waals surface area contributed by atoms with Gasteiger partial charge in [0.25, 0.3) is 5.91 Å². The number of carbonyl (C=O) groups excluding carboxylic acids is 1. The van der Waals surface area contributed by atoms with Gasteiger partial charge < -0.3 is 14.8 Å². The number of anilines is 1. The van der Waals surface area contributed by atoms with Gasteiger partial charge in [-0.3, -0.25) is 4.79 Å². The summed E-state index contributed by atoms with van der Waals surface area (Å²) in [5.41, 5.74) is 1.80. The number of aromatic nitrogens is 3. The van der Waals surface area contributed by atoms with Crippen LogP contribution in [0.5, 0.6) is 5.75 Å². The van der Waals surface area contributed by atoms with Crippen molar-refractivity contribution < 1.29 is 27.4 Å². The average molecular weight is 439 g/mol. The summed E-state index contributed by atoms with van der Waals surface area (Å²) >= 11 is 5.90. The van der Waals surface area contributed by atoms with Crippen LogP contribution in [-0.4, -0.2) is 27.3 Å². The Hall–Kier alpha value is -3.11. The van der Waals surface area contributed by atoms with E-state index in [9.17, 15) is 18.0 Å². The van der Waals surface area contributed by atoms with E-state index in [-0.39, 0.29) is 29.8 Å². The van der Waals surface area contributed by atoms with Crippen LogP contribution in [0.3, 0.4) is 0 Å². The SMILES string of the molecule is O=C(Nc1ccc(OC(F)(F)F)cc1)c1nnn2c1CO[C@@H](c1ccc(Cl)cc1)C2.